The largest absolute Gasteiger partial charge is 0.508 e. The van der Waals surface area contributed by atoms with Gasteiger partial charge in [0.15, 0.2) is 0 Å². The molecule has 1 atom stereocenters. The number of rotatable bonds is 6. The molecule has 3 rings (SSSR count). The minimum Gasteiger partial charge on any atom is -0.508 e. The Kier molecular flexibility index (Phi) is 3.40. The quantitative estimate of drug-likeness (QED) is 0.689. The second-order valence-electron chi connectivity index (χ2n) is 6.21. The molecule has 0 aromatic heterocycles. The number of aromatic hydroxyl groups is 2. The maximum absolute atomic E-state index is 9.86. The highest BCUT2D eigenvalue weighted by Crippen LogP contribution is 2.49. The van der Waals surface area contributed by atoms with E-state index in [1.807, 2.05) is 6.92 Å². The molecular weight excluding hydrogens is 238 g/mol. The second-order valence-corrected chi connectivity index (χ2v) is 6.21. The first-order valence-electron chi connectivity index (χ1n) is 7.40. The van der Waals surface area contributed by atoms with Gasteiger partial charge in [0.25, 0.3) is 0 Å². The average Bonchev–Trinajstić information content (AvgIpc) is 3.25. The predicted molar refractivity (Wildman–Crippen MR) is 75.1 cm³/mol. The molecule has 0 bridgehead atoms. The summed E-state index contributed by atoms with van der Waals surface area (Å²) in [5.41, 5.74) is 0.783. The van der Waals surface area contributed by atoms with E-state index in [1.54, 1.807) is 12.1 Å². The zero-order chi connectivity index (χ0) is 13.4. The number of phenols is 2. The van der Waals surface area contributed by atoms with Gasteiger partial charge in [-0.2, -0.15) is 0 Å². The summed E-state index contributed by atoms with van der Waals surface area (Å²) >= 11 is 0. The van der Waals surface area contributed by atoms with Crippen LogP contribution in [0, 0.1) is 17.8 Å². The summed E-state index contributed by atoms with van der Waals surface area (Å²) in [6.07, 6.45) is 5.59. The van der Waals surface area contributed by atoms with Crippen molar-refractivity contribution in [1.82, 2.24) is 5.32 Å². The molecule has 1 aromatic rings. The Morgan fingerprint density at radius 2 is 1.79 bits per heavy atom. The Bertz CT molecular complexity index is 440. The summed E-state index contributed by atoms with van der Waals surface area (Å²) in [6.45, 7) is 3.08. The Labute approximate surface area is 114 Å². The molecule has 2 aliphatic carbocycles. The highest BCUT2D eigenvalue weighted by Gasteiger charge is 2.41. The molecule has 3 heteroatoms. The van der Waals surface area contributed by atoms with E-state index in [0.29, 0.717) is 0 Å². The first-order valence-corrected chi connectivity index (χ1v) is 7.40. The Morgan fingerprint density at radius 3 is 2.37 bits per heavy atom. The molecule has 1 unspecified atom stereocenters. The maximum atomic E-state index is 9.86. The summed E-state index contributed by atoms with van der Waals surface area (Å²) < 4.78 is 0. The van der Waals surface area contributed by atoms with Gasteiger partial charge in [-0.3, -0.25) is 0 Å². The average molecular weight is 261 g/mol. The number of phenolic OH excluding ortho intramolecular Hbond substituents is 2. The fourth-order valence-corrected chi connectivity index (χ4v) is 3.08. The van der Waals surface area contributed by atoms with Crippen LogP contribution in [0.15, 0.2) is 18.2 Å². The first kappa shape index (κ1) is 12.8. The van der Waals surface area contributed by atoms with Gasteiger partial charge in [-0.05, 0) is 75.1 Å². The summed E-state index contributed by atoms with van der Waals surface area (Å²) in [6, 6.07) is 4.80. The molecule has 2 fully saturated rings. The fourth-order valence-electron chi connectivity index (χ4n) is 3.08. The molecule has 0 amide bonds. The molecule has 0 aliphatic heterocycles. The van der Waals surface area contributed by atoms with Gasteiger partial charge in [0.2, 0.25) is 0 Å². The van der Waals surface area contributed by atoms with Crippen LogP contribution in [0.5, 0.6) is 11.5 Å². The molecular formula is C16H23NO2. The van der Waals surface area contributed by atoms with Crippen molar-refractivity contribution < 1.29 is 10.2 Å². The van der Waals surface area contributed by atoms with E-state index < -0.39 is 0 Å². The molecule has 3 nitrogen and oxygen atoms in total. The van der Waals surface area contributed by atoms with Crippen molar-refractivity contribution >= 4 is 0 Å². The van der Waals surface area contributed by atoms with Crippen LogP contribution >= 0.6 is 0 Å². The minimum atomic E-state index is 0.0760. The number of hydrogen-bond acceptors (Lipinski definition) is 3. The summed E-state index contributed by atoms with van der Waals surface area (Å²) in [4.78, 5) is 0. The lowest BCUT2D eigenvalue weighted by atomic mass is 9.97. The van der Waals surface area contributed by atoms with Crippen LogP contribution in [0.1, 0.15) is 44.2 Å². The topological polar surface area (TPSA) is 52.5 Å². The Hall–Kier alpha value is -1.22. The third-order valence-electron chi connectivity index (χ3n) is 4.59. The lowest BCUT2D eigenvalue weighted by Gasteiger charge is -2.21. The predicted octanol–water partition coefficient (Wildman–Crippen LogP) is 3.18. The highest BCUT2D eigenvalue weighted by molar-refractivity contribution is 5.40. The SMILES string of the molecule is CC(NCC(C1CC1)C1CC1)c1cc(O)ccc1O. The van der Waals surface area contributed by atoms with Gasteiger partial charge < -0.3 is 15.5 Å². The molecule has 0 radical (unpaired) electrons. The molecule has 1 aromatic carbocycles. The normalized spacial score (nSPS) is 20.7. The molecule has 0 spiro atoms. The molecule has 2 aliphatic rings. The lowest BCUT2D eigenvalue weighted by molar-refractivity contribution is 0.357. The third kappa shape index (κ3) is 3.03. The van der Waals surface area contributed by atoms with E-state index in [-0.39, 0.29) is 17.5 Å². The van der Waals surface area contributed by atoms with Gasteiger partial charge in [-0.1, -0.05) is 0 Å². The zero-order valence-electron chi connectivity index (χ0n) is 11.5. The van der Waals surface area contributed by atoms with Gasteiger partial charge >= 0.3 is 0 Å². The van der Waals surface area contributed by atoms with Crippen molar-refractivity contribution in [2.45, 2.75) is 38.6 Å². The molecule has 0 saturated heterocycles. The van der Waals surface area contributed by atoms with Gasteiger partial charge in [0.05, 0.1) is 0 Å². The molecule has 104 valence electrons. The minimum absolute atomic E-state index is 0.0760. The summed E-state index contributed by atoms with van der Waals surface area (Å²) in [7, 11) is 0. The standard InChI is InChI=1S/C16H23NO2/c1-10(14-8-13(18)6-7-16(14)19)17-9-15(11-2-3-11)12-4-5-12/h6-8,10-12,15,17-19H,2-5,9H2,1H3. The Balaban J connectivity index is 1.60. The van der Waals surface area contributed by atoms with Crippen molar-refractivity contribution in [1.29, 1.82) is 0 Å². The number of hydrogen-bond donors (Lipinski definition) is 3. The molecule has 19 heavy (non-hydrogen) atoms. The van der Waals surface area contributed by atoms with E-state index in [0.717, 1.165) is 29.9 Å². The van der Waals surface area contributed by atoms with E-state index in [4.69, 9.17) is 0 Å². The van der Waals surface area contributed by atoms with Crippen molar-refractivity contribution in [3.8, 4) is 11.5 Å². The van der Waals surface area contributed by atoms with Gasteiger partial charge in [-0.15, -0.1) is 0 Å². The van der Waals surface area contributed by atoms with E-state index >= 15 is 0 Å². The molecule has 2 saturated carbocycles. The van der Waals surface area contributed by atoms with Gasteiger partial charge in [-0.25, -0.2) is 0 Å². The smallest absolute Gasteiger partial charge is 0.120 e. The van der Waals surface area contributed by atoms with Gasteiger partial charge in [0, 0.05) is 11.6 Å². The second kappa shape index (κ2) is 5.04. The molecule has 0 heterocycles. The summed E-state index contributed by atoms with van der Waals surface area (Å²) in [5.74, 6) is 3.16. The van der Waals surface area contributed by atoms with Crippen LogP contribution in [0.3, 0.4) is 0 Å². The van der Waals surface area contributed by atoms with Crippen LogP contribution in [-0.2, 0) is 0 Å². The highest BCUT2D eigenvalue weighted by atomic mass is 16.3. The van der Waals surface area contributed by atoms with E-state index in [2.05, 4.69) is 5.32 Å². The molecule has 3 N–H and O–H groups in total. The van der Waals surface area contributed by atoms with Crippen molar-refractivity contribution in [2.24, 2.45) is 17.8 Å². The van der Waals surface area contributed by atoms with E-state index in [1.165, 1.54) is 31.7 Å². The number of benzene rings is 1. The van der Waals surface area contributed by atoms with Gasteiger partial charge in [0.1, 0.15) is 11.5 Å². The summed E-state index contributed by atoms with van der Waals surface area (Å²) in [5, 5.41) is 22.9. The first-order chi connectivity index (χ1) is 9.15. The maximum Gasteiger partial charge on any atom is 0.120 e. The monoisotopic (exact) mass is 261 g/mol. The van der Waals surface area contributed by atoms with Crippen molar-refractivity contribution in [2.75, 3.05) is 6.54 Å². The fraction of sp³-hybridized carbons (Fsp3) is 0.625. The van der Waals surface area contributed by atoms with Crippen molar-refractivity contribution in [3.63, 3.8) is 0 Å². The zero-order valence-corrected chi connectivity index (χ0v) is 11.5. The number of nitrogens with one attached hydrogen (secondary N) is 1. The van der Waals surface area contributed by atoms with Crippen LogP contribution in [0.4, 0.5) is 0 Å². The Morgan fingerprint density at radius 1 is 1.16 bits per heavy atom. The van der Waals surface area contributed by atoms with Crippen LogP contribution in [0.2, 0.25) is 0 Å². The third-order valence-corrected chi connectivity index (χ3v) is 4.59. The van der Waals surface area contributed by atoms with Crippen molar-refractivity contribution in [3.05, 3.63) is 23.8 Å². The lowest BCUT2D eigenvalue weighted by Crippen LogP contribution is -2.28. The van der Waals surface area contributed by atoms with Crippen LogP contribution in [-0.4, -0.2) is 16.8 Å². The van der Waals surface area contributed by atoms with Crippen LogP contribution in [0.25, 0.3) is 0 Å². The van der Waals surface area contributed by atoms with Crippen LogP contribution < -0.4 is 5.32 Å². The van der Waals surface area contributed by atoms with E-state index in [9.17, 15) is 10.2 Å².